The summed E-state index contributed by atoms with van der Waals surface area (Å²) in [5, 5.41) is 10.1. The first-order valence-corrected chi connectivity index (χ1v) is 5.78. The maximum atomic E-state index is 12.0. The van der Waals surface area contributed by atoms with E-state index in [0.717, 1.165) is 22.8 Å². The van der Waals surface area contributed by atoms with E-state index in [1.165, 1.54) is 18.3 Å². The molecule has 0 radical (unpaired) electrons. The molecule has 0 spiro atoms. The average molecular weight is 313 g/mol. The number of alkyl halides is 3. The molecule has 4 nitrogen and oxygen atoms in total. The Labute approximate surface area is 137 Å². The SMILES string of the molecule is O=C(O)c1cccnc1-c1cc(OC(F)(F)F)cs1.[NaH]. The number of halogens is 3. The summed E-state index contributed by atoms with van der Waals surface area (Å²) in [4.78, 5) is 15.1. The van der Waals surface area contributed by atoms with Crippen LogP contribution in [0.25, 0.3) is 10.6 Å². The third-order valence-electron chi connectivity index (χ3n) is 2.08. The van der Waals surface area contributed by atoms with E-state index in [9.17, 15) is 18.0 Å². The first-order valence-electron chi connectivity index (χ1n) is 4.90. The molecule has 0 amide bonds. The number of carboxylic acids is 1. The van der Waals surface area contributed by atoms with Gasteiger partial charge in [-0.1, -0.05) is 0 Å². The van der Waals surface area contributed by atoms with Crippen molar-refractivity contribution in [3.63, 3.8) is 0 Å². The molecule has 0 fully saturated rings. The normalized spacial score (nSPS) is 10.8. The van der Waals surface area contributed by atoms with E-state index < -0.39 is 18.1 Å². The van der Waals surface area contributed by atoms with E-state index >= 15 is 0 Å². The number of thiophene rings is 1. The summed E-state index contributed by atoms with van der Waals surface area (Å²) >= 11 is 0.924. The molecule has 2 heterocycles. The zero-order chi connectivity index (χ0) is 14.0. The number of aromatic carboxylic acids is 1. The molecule has 0 aromatic carbocycles. The Hall–Kier alpha value is -1.09. The molecular weight excluding hydrogens is 306 g/mol. The van der Waals surface area contributed by atoms with Crippen molar-refractivity contribution in [2.75, 3.05) is 0 Å². The van der Waals surface area contributed by atoms with Crippen molar-refractivity contribution in [1.29, 1.82) is 0 Å². The Kier molecular flexibility index (Phi) is 5.58. The quantitative estimate of drug-likeness (QED) is 0.885. The Balaban J connectivity index is 0.00000200. The molecular formula is C11H7F3NNaO3S. The van der Waals surface area contributed by atoms with Crippen LogP contribution in [0.5, 0.6) is 5.75 Å². The van der Waals surface area contributed by atoms with Crippen molar-refractivity contribution in [3.05, 3.63) is 35.3 Å². The van der Waals surface area contributed by atoms with Crippen molar-refractivity contribution < 1.29 is 27.8 Å². The van der Waals surface area contributed by atoms with Crippen LogP contribution in [0, 0.1) is 0 Å². The number of aromatic nitrogens is 1. The molecule has 2 rings (SSSR count). The predicted octanol–water partition coefficient (Wildman–Crippen LogP) is 2.76. The molecule has 0 aliphatic carbocycles. The summed E-state index contributed by atoms with van der Waals surface area (Å²) in [6.45, 7) is 0. The van der Waals surface area contributed by atoms with Crippen molar-refractivity contribution >= 4 is 46.9 Å². The van der Waals surface area contributed by atoms with Crippen LogP contribution in [0.1, 0.15) is 10.4 Å². The van der Waals surface area contributed by atoms with Crippen molar-refractivity contribution in [2.24, 2.45) is 0 Å². The zero-order valence-corrected chi connectivity index (χ0v) is 9.96. The molecule has 20 heavy (non-hydrogen) atoms. The Bertz CT molecular complexity index is 615. The van der Waals surface area contributed by atoms with Crippen LogP contribution in [-0.4, -0.2) is 52.0 Å². The van der Waals surface area contributed by atoms with Gasteiger partial charge in [-0.2, -0.15) is 0 Å². The number of carbonyl (C=O) groups is 1. The third kappa shape index (κ3) is 4.20. The number of rotatable bonds is 3. The van der Waals surface area contributed by atoms with E-state index in [-0.39, 0.29) is 45.7 Å². The number of hydrogen-bond acceptors (Lipinski definition) is 4. The van der Waals surface area contributed by atoms with Gasteiger partial charge in [-0.15, -0.1) is 24.5 Å². The van der Waals surface area contributed by atoms with E-state index in [2.05, 4.69) is 9.72 Å². The van der Waals surface area contributed by atoms with Gasteiger partial charge in [0.1, 0.15) is 5.75 Å². The molecule has 102 valence electrons. The Morgan fingerprint density at radius 1 is 1.40 bits per heavy atom. The fourth-order valence-corrected chi connectivity index (χ4v) is 2.22. The molecule has 0 saturated carbocycles. The molecule has 9 heteroatoms. The van der Waals surface area contributed by atoms with Gasteiger partial charge in [-0.25, -0.2) is 4.79 Å². The monoisotopic (exact) mass is 313 g/mol. The van der Waals surface area contributed by atoms with Crippen LogP contribution < -0.4 is 4.74 Å². The fraction of sp³-hybridized carbons (Fsp3) is 0.0909. The molecule has 0 aliphatic heterocycles. The van der Waals surface area contributed by atoms with Crippen LogP contribution in [-0.2, 0) is 0 Å². The Morgan fingerprint density at radius 2 is 2.10 bits per heavy atom. The van der Waals surface area contributed by atoms with Gasteiger partial charge in [0.2, 0.25) is 0 Å². The molecule has 0 unspecified atom stereocenters. The summed E-state index contributed by atoms with van der Waals surface area (Å²) in [7, 11) is 0. The van der Waals surface area contributed by atoms with Gasteiger partial charge in [-0.05, 0) is 12.1 Å². The van der Waals surface area contributed by atoms with Gasteiger partial charge in [0.15, 0.2) is 0 Å². The molecule has 2 aromatic rings. The molecule has 0 saturated heterocycles. The summed E-state index contributed by atoms with van der Waals surface area (Å²) in [5.74, 6) is -1.59. The van der Waals surface area contributed by atoms with Gasteiger partial charge in [-0.3, -0.25) is 4.98 Å². The Morgan fingerprint density at radius 3 is 2.70 bits per heavy atom. The fourth-order valence-electron chi connectivity index (χ4n) is 1.40. The van der Waals surface area contributed by atoms with E-state index in [4.69, 9.17) is 5.11 Å². The number of pyridine rings is 1. The van der Waals surface area contributed by atoms with Crippen molar-refractivity contribution in [1.82, 2.24) is 4.98 Å². The van der Waals surface area contributed by atoms with Crippen LogP contribution in [0.4, 0.5) is 13.2 Å². The summed E-state index contributed by atoms with van der Waals surface area (Å²) in [6.07, 6.45) is -3.41. The van der Waals surface area contributed by atoms with Crippen LogP contribution in [0.3, 0.4) is 0 Å². The van der Waals surface area contributed by atoms with Crippen LogP contribution in [0.2, 0.25) is 0 Å². The maximum absolute atomic E-state index is 12.0. The second-order valence-corrected chi connectivity index (χ2v) is 4.31. The second kappa shape index (κ2) is 6.57. The average Bonchev–Trinajstić information content (AvgIpc) is 2.75. The minimum absolute atomic E-state index is 0. The first kappa shape index (κ1) is 17.0. The predicted molar refractivity (Wildman–Crippen MR) is 68.3 cm³/mol. The summed E-state index contributed by atoms with van der Waals surface area (Å²) in [6, 6.07) is 3.87. The molecule has 1 N–H and O–H groups in total. The topological polar surface area (TPSA) is 59.4 Å². The number of nitrogens with zero attached hydrogens (tertiary/aromatic N) is 1. The van der Waals surface area contributed by atoms with Gasteiger partial charge >= 0.3 is 41.9 Å². The minimum atomic E-state index is -4.78. The van der Waals surface area contributed by atoms with E-state index in [0.29, 0.717) is 0 Å². The number of ether oxygens (including phenoxy) is 1. The van der Waals surface area contributed by atoms with E-state index in [1.54, 1.807) is 0 Å². The van der Waals surface area contributed by atoms with Crippen LogP contribution >= 0.6 is 11.3 Å². The summed E-state index contributed by atoms with van der Waals surface area (Å²) in [5.41, 5.74) is 0.0277. The second-order valence-electron chi connectivity index (χ2n) is 3.40. The van der Waals surface area contributed by atoms with Crippen molar-refractivity contribution in [3.8, 4) is 16.3 Å². The van der Waals surface area contributed by atoms with Gasteiger partial charge in [0, 0.05) is 17.6 Å². The van der Waals surface area contributed by atoms with Gasteiger partial charge in [0.25, 0.3) is 0 Å². The molecule has 0 bridgehead atoms. The number of carboxylic acid groups (broad SMARTS) is 1. The van der Waals surface area contributed by atoms with Gasteiger partial charge < -0.3 is 9.84 Å². The zero-order valence-electron chi connectivity index (χ0n) is 9.14. The van der Waals surface area contributed by atoms with Gasteiger partial charge in [0.05, 0.1) is 16.1 Å². The van der Waals surface area contributed by atoms with Crippen molar-refractivity contribution in [2.45, 2.75) is 6.36 Å². The van der Waals surface area contributed by atoms with Crippen LogP contribution in [0.15, 0.2) is 29.8 Å². The molecule has 2 aromatic heterocycles. The molecule has 0 atom stereocenters. The summed E-state index contributed by atoms with van der Waals surface area (Å²) < 4.78 is 39.8. The standard InChI is InChI=1S/C11H6F3NO3S.Na.H/c12-11(13,14)18-6-4-8(19-5-6)9-7(10(16)17)2-1-3-15-9;;/h1-5H,(H,16,17);;. The third-order valence-corrected chi connectivity index (χ3v) is 3.00. The molecule has 0 aliphatic rings. The van der Waals surface area contributed by atoms with E-state index in [1.807, 2.05) is 0 Å². The number of hydrogen-bond donors (Lipinski definition) is 1. The first-order chi connectivity index (χ1) is 8.87.